The fourth-order valence-corrected chi connectivity index (χ4v) is 3.05. The van der Waals surface area contributed by atoms with Crippen LogP contribution in [0.25, 0.3) is 0 Å². The number of hydrogen-bond donors (Lipinski definition) is 0. The van der Waals surface area contributed by atoms with Crippen LogP contribution in [0.5, 0.6) is 0 Å². The quantitative estimate of drug-likeness (QED) is 0.864. The average molecular weight is 338 g/mol. The number of amides is 1. The Balaban J connectivity index is 1.72. The lowest BCUT2D eigenvalue weighted by atomic mass is 9.94. The van der Waals surface area contributed by atoms with Gasteiger partial charge in [-0.25, -0.2) is 4.68 Å². The van der Waals surface area contributed by atoms with Crippen molar-refractivity contribution in [2.75, 3.05) is 7.05 Å². The van der Waals surface area contributed by atoms with E-state index in [1.165, 1.54) is 17.0 Å². The minimum atomic E-state index is -4.43. The molecule has 0 radical (unpaired) electrons. The molecule has 1 unspecified atom stereocenters. The zero-order valence-electron chi connectivity index (χ0n) is 13.1. The number of aryl methyl sites for hydroxylation is 1. The highest BCUT2D eigenvalue weighted by molar-refractivity contribution is 5.79. The standard InChI is InChI=1S/C16H17F3N4O/c1-22(10-12-4-2-3-5-14(12)16(17,18)19)15(24)11-6-7-23-13(8-11)9-20-21-23/h2-5,9,11H,6-8,10H2,1H3. The molecule has 2 aromatic rings. The van der Waals surface area contributed by atoms with Crippen molar-refractivity contribution in [1.82, 2.24) is 19.9 Å². The molecule has 128 valence electrons. The normalized spacial score (nSPS) is 17.4. The van der Waals surface area contributed by atoms with Crippen LogP contribution in [0, 0.1) is 5.92 Å². The summed E-state index contributed by atoms with van der Waals surface area (Å²) in [6, 6.07) is 5.35. The molecule has 2 heterocycles. The molecular weight excluding hydrogens is 321 g/mol. The third-order valence-corrected chi connectivity index (χ3v) is 4.30. The van der Waals surface area contributed by atoms with Gasteiger partial charge in [-0.1, -0.05) is 23.4 Å². The predicted octanol–water partition coefficient (Wildman–Crippen LogP) is 2.52. The van der Waals surface area contributed by atoms with E-state index in [-0.39, 0.29) is 23.9 Å². The van der Waals surface area contributed by atoms with Gasteiger partial charge in [-0.05, 0) is 18.1 Å². The van der Waals surface area contributed by atoms with Crippen molar-refractivity contribution in [3.63, 3.8) is 0 Å². The minimum Gasteiger partial charge on any atom is -0.341 e. The number of hydrogen-bond acceptors (Lipinski definition) is 3. The van der Waals surface area contributed by atoms with Crippen molar-refractivity contribution in [1.29, 1.82) is 0 Å². The molecule has 0 aliphatic carbocycles. The monoisotopic (exact) mass is 338 g/mol. The first kappa shape index (κ1) is 16.5. The second-order valence-corrected chi connectivity index (χ2v) is 5.99. The highest BCUT2D eigenvalue weighted by atomic mass is 19.4. The molecule has 1 aliphatic rings. The van der Waals surface area contributed by atoms with Gasteiger partial charge in [0, 0.05) is 32.5 Å². The molecule has 1 atom stereocenters. The van der Waals surface area contributed by atoms with Crippen molar-refractivity contribution in [3.8, 4) is 0 Å². The molecule has 1 aromatic heterocycles. The van der Waals surface area contributed by atoms with Crippen molar-refractivity contribution in [3.05, 3.63) is 47.3 Å². The average Bonchev–Trinajstić information content (AvgIpc) is 3.01. The molecule has 0 saturated heterocycles. The van der Waals surface area contributed by atoms with E-state index in [9.17, 15) is 18.0 Å². The molecular formula is C16H17F3N4O. The Hall–Kier alpha value is -2.38. The molecule has 1 aliphatic heterocycles. The van der Waals surface area contributed by atoms with E-state index in [1.807, 2.05) is 0 Å². The number of nitrogens with zero attached hydrogens (tertiary/aromatic N) is 4. The summed E-state index contributed by atoms with van der Waals surface area (Å²) in [5.41, 5.74) is 0.280. The maximum Gasteiger partial charge on any atom is 0.416 e. The minimum absolute atomic E-state index is 0.0669. The zero-order valence-corrected chi connectivity index (χ0v) is 13.1. The van der Waals surface area contributed by atoms with Crippen LogP contribution in [-0.4, -0.2) is 32.8 Å². The van der Waals surface area contributed by atoms with E-state index in [2.05, 4.69) is 10.3 Å². The summed E-state index contributed by atoms with van der Waals surface area (Å²) in [4.78, 5) is 14.0. The molecule has 0 N–H and O–H groups in total. The number of rotatable bonds is 3. The van der Waals surface area contributed by atoms with E-state index < -0.39 is 11.7 Å². The Morgan fingerprint density at radius 2 is 2.12 bits per heavy atom. The Labute approximate surface area is 137 Å². The van der Waals surface area contributed by atoms with Crippen LogP contribution in [0.15, 0.2) is 30.5 Å². The van der Waals surface area contributed by atoms with Crippen LogP contribution < -0.4 is 0 Å². The maximum absolute atomic E-state index is 13.1. The fourth-order valence-electron chi connectivity index (χ4n) is 3.05. The predicted molar refractivity (Wildman–Crippen MR) is 79.8 cm³/mol. The molecule has 0 fully saturated rings. The van der Waals surface area contributed by atoms with Crippen LogP contribution >= 0.6 is 0 Å². The summed E-state index contributed by atoms with van der Waals surface area (Å²) in [6.45, 7) is 0.529. The molecule has 0 bridgehead atoms. The summed E-state index contributed by atoms with van der Waals surface area (Å²) in [7, 11) is 1.54. The summed E-state index contributed by atoms with van der Waals surface area (Å²) in [5.74, 6) is -0.404. The molecule has 0 saturated carbocycles. The Morgan fingerprint density at radius 3 is 2.88 bits per heavy atom. The van der Waals surface area contributed by atoms with Gasteiger partial charge in [-0.15, -0.1) is 5.10 Å². The zero-order chi connectivity index (χ0) is 17.3. The van der Waals surface area contributed by atoms with Gasteiger partial charge in [0.15, 0.2) is 0 Å². The first-order valence-electron chi connectivity index (χ1n) is 7.63. The number of carbonyl (C=O) groups excluding carboxylic acids is 1. The number of halogens is 3. The van der Waals surface area contributed by atoms with Crippen LogP contribution in [0.4, 0.5) is 13.2 Å². The SMILES string of the molecule is CN(Cc1ccccc1C(F)(F)F)C(=O)C1CCn2nncc2C1. The lowest BCUT2D eigenvalue weighted by molar-refractivity contribution is -0.140. The molecule has 24 heavy (non-hydrogen) atoms. The molecule has 0 spiro atoms. The number of fused-ring (bicyclic) bond motifs is 1. The van der Waals surface area contributed by atoms with Gasteiger partial charge in [0.25, 0.3) is 0 Å². The van der Waals surface area contributed by atoms with Crippen LogP contribution in [0.3, 0.4) is 0 Å². The summed E-state index contributed by atoms with van der Waals surface area (Å²) in [6.07, 6.45) is -1.68. The van der Waals surface area contributed by atoms with E-state index >= 15 is 0 Å². The third kappa shape index (κ3) is 3.27. The molecule has 3 rings (SSSR count). The van der Waals surface area contributed by atoms with Gasteiger partial charge in [-0.2, -0.15) is 13.2 Å². The highest BCUT2D eigenvalue weighted by Crippen LogP contribution is 2.32. The van der Waals surface area contributed by atoms with E-state index in [4.69, 9.17) is 0 Å². The Bertz CT molecular complexity index is 741. The van der Waals surface area contributed by atoms with Crippen molar-refractivity contribution >= 4 is 5.91 Å². The fraction of sp³-hybridized carbons (Fsp3) is 0.438. The van der Waals surface area contributed by atoms with Crippen molar-refractivity contribution < 1.29 is 18.0 Å². The van der Waals surface area contributed by atoms with Gasteiger partial charge in [0.2, 0.25) is 5.91 Å². The highest BCUT2D eigenvalue weighted by Gasteiger charge is 2.34. The van der Waals surface area contributed by atoms with Crippen molar-refractivity contribution in [2.24, 2.45) is 5.92 Å². The van der Waals surface area contributed by atoms with E-state index in [0.717, 1.165) is 11.8 Å². The van der Waals surface area contributed by atoms with Crippen molar-refractivity contribution in [2.45, 2.75) is 32.1 Å². The summed E-state index contributed by atoms with van der Waals surface area (Å²) < 4.78 is 40.9. The number of aromatic nitrogens is 3. The van der Waals surface area contributed by atoms with Crippen LogP contribution in [0.1, 0.15) is 23.2 Å². The first-order valence-corrected chi connectivity index (χ1v) is 7.63. The van der Waals surface area contributed by atoms with E-state index in [1.54, 1.807) is 24.0 Å². The second-order valence-electron chi connectivity index (χ2n) is 5.99. The largest absolute Gasteiger partial charge is 0.416 e. The Morgan fingerprint density at radius 1 is 1.38 bits per heavy atom. The number of carbonyl (C=O) groups is 1. The summed E-state index contributed by atoms with van der Waals surface area (Å²) in [5, 5.41) is 7.73. The van der Waals surface area contributed by atoms with Gasteiger partial charge in [0.1, 0.15) is 0 Å². The second kappa shape index (κ2) is 6.26. The Kier molecular flexibility index (Phi) is 4.29. The third-order valence-electron chi connectivity index (χ3n) is 4.30. The maximum atomic E-state index is 13.1. The van der Waals surface area contributed by atoms with Gasteiger partial charge in [-0.3, -0.25) is 4.79 Å². The lowest BCUT2D eigenvalue weighted by Crippen LogP contribution is -2.37. The van der Waals surface area contributed by atoms with Gasteiger partial charge >= 0.3 is 6.18 Å². The number of benzene rings is 1. The number of alkyl halides is 3. The summed E-state index contributed by atoms with van der Waals surface area (Å²) >= 11 is 0. The van der Waals surface area contributed by atoms with Crippen LogP contribution in [-0.2, 0) is 30.5 Å². The lowest BCUT2D eigenvalue weighted by Gasteiger charge is -2.27. The first-order chi connectivity index (χ1) is 11.4. The molecule has 1 amide bonds. The van der Waals surface area contributed by atoms with Gasteiger partial charge < -0.3 is 4.90 Å². The van der Waals surface area contributed by atoms with Gasteiger partial charge in [0.05, 0.1) is 17.5 Å². The molecule has 8 heteroatoms. The molecule has 5 nitrogen and oxygen atoms in total. The van der Waals surface area contributed by atoms with E-state index in [0.29, 0.717) is 19.4 Å². The molecule has 1 aromatic carbocycles. The topological polar surface area (TPSA) is 51.0 Å². The van der Waals surface area contributed by atoms with Crippen LogP contribution in [0.2, 0.25) is 0 Å². The smallest absolute Gasteiger partial charge is 0.341 e.